The fourth-order valence-electron chi connectivity index (χ4n) is 5.60. The molecule has 0 N–H and O–H groups in total. The zero-order valence-corrected chi connectivity index (χ0v) is 28.6. The number of rotatable bonds is 33. The topological polar surface area (TPSA) is 44.8 Å². The van der Waals surface area contributed by atoms with E-state index in [1.807, 2.05) is 30.3 Å². The van der Waals surface area contributed by atoms with Crippen LogP contribution in [0.3, 0.4) is 0 Å². The SMILES string of the molecule is CCCCCCCCCCCCCCOCC(CC(=O)OCc1ccccc1)OCCCCCCCCCCCCCC. The van der Waals surface area contributed by atoms with Crippen LogP contribution in [0.2, 0.25) is 0 Å². The molecule has 0 saturated heterocycles. The van der Waals surface area contributed by atoms with Gasteiger partial charge in [-0.3, -0.25) is 4.79 Å². The van der Waals surface area contributed by atoms with Gasteiger partial charge in [0.05, 0.1) is 19.1 Å². The van der Waals surface area contributed by atoms with Gasteiger partial charge in [0.1, 0.15) is 6.61 Å². The molecule has 1 aromatic carbocycles. The quantitative estimate of drug-likeness (QED) is 0.0593. The molecular formula is C39H70O4. The molecular weight excluding hydrogens is 532 g/mol. The standard InChI is InChI=1S/C39H70O4/c1-3-5-7-9-11-13-15-17-19-21-23-28-32-41-36-38(34-39(40)43-35-37-30-26-25-27-31-37)42-33-29-24-22-20-18-16-14-12-10-8-6-4-2/h25-27,30-31,38H,3-24,28-29,32-36H2,1-2H3. The molecule has 0 saturated carbocycles. The molecule has 0 fully saturated rings. The predicted molar refractivity (Wildman–Crippen MR) is 184 cm³/mol. The highest BCUT2D eigenvalue weighted by Crippen LogP contribution is 2.14. The van der Waals surface area contributed by atoms with Gasteiger partial charge in [-0.15, -0.1) is 0 Å². The molecule has 0 amide bonds. The highest BCUT2D eigenvalue weighted by atomic mass is 16.5. The Hall–Kier alpha value is -1.39. The number of esters is 1. The minimum Gasteiger partial charge on any atom is -0.461 e. The Balaban J connectivity index is 2.14. The lowest BCUT2D eigenvalue weighted by Gasteiger charge is -2.18. The summed E-state index contributed by atoms with van der Waals surface area (Å²) in [5.41, 5.74) is 1.01. The van der Waals surface area contributed by atoms with Crippen molar-refractivity contribution in [3.63, 3.8) is 0 Å². The zero-order valence-electron chi connectivity index (χ0n) is 28.6. The number of ether oxygens (including phenoxy) is 3. The van der Waals surface area contributed by atoms with E-state index < -0.39 is 0 Å². The van der Waals surface area contributed by atoms with Crippen LogP contribution in [0.5, 0.6) is 0 Å². The van der Waals surface area contributed by atoms with Crippen LogP contribution >= 0.6 is 0 Å². The summed E-state index contributed by atoms with van der Waals surface area (Å²) >= 11 is 0. The van der Waals surface area contributed by atoms with Crippen molar-refractivity contribution in [1.82, 2.24) is 0 Å². The molecule has 43 heavy (non-hydrogen) atoms. The summed E-state index contributed by atoms with van der Waals surface area (Å²) in [6.45, 7) is 6.77. The third-order valence-electron chi connectivity index (χ3n) is 8.43. The highest BCUT2D eigenvalue weighted by Gasteiger charge is 2.16. The van der Waals surface area contributed by atoms with Crippen LogP contribution in [0, 0.1) is 0 Å². The normalized spacial score (nSPS) is 12.0. The molecule has 0 aliphatic rings. The summed E-state index contributed by atoms with van der Waals surface area (Å²) < 4.78 is 17.7. The first kappa shape index (κ1) is 39.6. The number of hydrogen-bond donors (Lipinski definition) is 0. The van der Waals surface area contributed by atoms with Crippen LogP contribution in [0.15, 0.2) is 30.3 Å². The lowest BCUT2D eigenvalue weighted by molar-refractivity contribution is -0.149. The van der Waals surface area contributed by atoms with Crippen molar-refractivity contribution in [3.05, 3.63) is 35.9 Å². The van der Waals surface area contributed by atoms with Gasteiger partial charge in [-0.1, -0.05) is 185 Å². The average Bonchev–Trinajstić information content (AvgIpc) is 3.02. The van der Waals surface area contributed by atoms with Gasteiger partial charge in [-0.25, -0.2) is 0 Å². The fraction of sp³-hybridized carbons (Fsp3) is 0.821. The van der Waals surface area contributed by atoms with E-state index in [0.717, 1.165) is 25.0 Å². The van der Waals surface area contributed by atoms with Crippen molar-refractivity contribution in [3.8, 4) is 0 Å². The van der Waals surface area contributed by atoms with Crippen LogP contribution in [0.4, 0.5) is 0 Å². The van der Waals surface area contributed by atoms with Gasteiger partial charge in [0.25, 0.3) is 0 Å². The van der Waals surface area contributed by atoms with Crippen molar-refractivity contribution in [2.24, 2.45) is 0 Å². The van der Waals surface area contributed by atoms with E-state index in [9.17, 15) is 4.79 Å². The first-order valence-corrected chi connectivity index (χ1v) is 18.6. The van der Waals surface area contributed by atoms with Crippen molar-refractivity contribution < 1.29 is 19.0 Å². The molecule has 0 heterocycles. The van der Waals surface area contributed by atoms with Gasteiger partial charge in [0, 0.05) is 13.2 Å². The first-order chi connectivity index (χ1) is 21.3. The largest absolute Gasteiger partial charge is 0.461 e. The number of carbonyl (C=O) groups is 1. The summed E-state index contributed by atoms with van der Waals surface area (Å²) in [4.78, 5) is 12.6. The number of hydrogen-bond acceptors (Lipinski definition) is 4. The molecule has 1 aromatic rings. The van der Waals surface area contributed by atoms with Gasteiger partial charge >= 0.3 is 5.97 Å². The molecule has 0 aromatic heterocycles. The third kappa shape index (κ3) is 27.9. The second kappa shape index (κ2) is 32.0. The van der Waals surface area contributed by atoms with E-state index in [-0.39, 0.29) is 18.5 Å². The number of benzene rings is 1. The predicted octanol–water partition coefficient (Wildman–Crippen LogP) is 11.9. The average molecular weight is 603 g/mol. The maximum atomic E-state index is 12.6. The summed E-state index contributed by atoms with van der Waals surface area (Å²) in [6, 6.07) is 9.86. The van der Waals surface area contributed by atoms with Crippen LogP contribution in [-0.2, 0) is 25.6 Å². The molecule has 4 heteroatoms. The van der Waals surface area contributed by atoms with Crippen LogP contribution < -0.4 is 0 Å². The summed E-state index contributed by atoms with van der Waals surface area (Å²) in [6.07, 6.45) is 32.0. The Morgan fingerprint density at radius 1 is 0.558 bits per heavy atom. The molecule has 0 aliphatic heterocycles. The van der Waals surface area contributed by atoms with Crippen LogP contribution in [0.1, 0.15) is 180 Å². The fourth-order valence-corrected chi connectivity index (χ4v) is 5.60. The molecule has 0 radical (unpaired) electrons. The van der Waals surface area contributed by atoms with Crippen molar-refractivity contribution in [1.29, 1.82) is 0 Å². The lowest BCUT2D eigenvalue weighted by Crippen LogP contribution is -2.25. The van der Waals surface area contributed by atoms with Crippen LogP contribution in [-0.4, -0.2) is 31.9 Å². The van der Waals surface area contributed by atoms with E-state index in [1.165, 1.54) is 141 Å². The maximum Gasteiger partial charge on any atom is 0.308 e. The van der Waals surface area contributed by atoms with Crippen molar-refractivity contribution in [2.75, 3.05) is 19.8 Å². The Bertz CT molecular complexity index is 692. The lowest BCUT2D eigenvalue weighted by atomic mass is 10.1. The Kier molecular flexibility index (Phi) is 29.5. The van der Waals surface area contributed by atoms with Gasteiger partial charge in [-0.05, 0) is 18.4 Å². The molecule has 1 unspecified atom stereocenters. The summed E-state index contributed by atoms with van der Waals surface area (Å²) in [5.74, 6) is -0.211. The van der Waals surface area contributed by atoms with E-state index in [0.29, 0.717) is 19.8 Å². The second-order valence-electron chi connectivity index (χ2n) is 12.7. The van der Waals surface area contributed by atoms with E-state index in [2.05, 4.69) is 13.8 Å². The number of unbranched alkanes of at least 4 members (excludes halogenated alkanes) is 22. The number of carbonyl (C=O) groups excluding carboxylic acids is 1. The van der Waals surface area contributed by atoms with Gasteiger partial charge in [-0.2, -0.15) is 0 Å². The van der Waals surface area contributed by atoms with E-state index in [1.54, 1.807) is 0 Å². The Morgan fingerprint density at radius 2 is 0.977 bits per heavy atom. The molecule has 1 atom stereocenters. The monoisotopic (exact) mass is 603 g/mol. The van der Waals surface area contributed by atoms with Crippen molar-refractivity contribution >= 4 is 5.97 Å². The highest BCUT2D eigenvalue weighted by molar-refractivity contribution is 5.70. The molecule has 0 aliphatic carbocycles. The zero-order chi connectivity index (χ0) is 30.9. The van der Waals surface area contributed by atoms with Crippen LogP contribution in [0.25, 0.3) is 0 Å². The Labute approximate surface area is 267 Å². The molecule has 0 spiro atoms. The Morgan fingerprint density at radius 3 is 1.44 bits per heavy atom. The minimum absolute atomic E-state index is 0.211. The maximum absolute atomic E-state index is 12.6. The van der Waals surface area contributed by atoms with Gasteiger partial charge < -0.3 is 14.2 Å². The van der Waals surface area contributed by atoms with E-state index in [4.69, 9.17) is 14.2 Å². The van der Waals surface area contributed by atoms with Gasteiger partial charge in [0.15, 0.2) is 0 Å². The smallest absolute Gasteiger partial charge is 0.308 e. The molecule has 1 rings (SSSR count). The molecule has 4 nitrogen and oxygen atoms in total. The second-order valence-corrected chi connectivity index (χ2v) is 12.7. The molecule has 0 bridgehead atoms. The summed E-state index contributed by atoms with van der Waals surface area (Å²) in [7, 11) is 0. The van der Waals surface area contributed by atoms with E-state index >= 15 is 0 Å². The minimum atomic E-state index is -0.228. The van der Waals surface area contributed by atoms with Gasteiger partial charge in [0.2, 0.25) is 0 Å². The third-order valence-corrected chi connectivity index (χ3v) is 8.43. The molecule has 250 valence electrons. The summed E-state index contributed by atoms with van der Waals surface area (Å²) in [5, 5.41) is 0. The van der Waals surface area contributed by atoms with Crippen molar-refractivity contribution in [2.45, 2.75) is 187 Å². The first-order valence-electron chi connectivity index (χ1n) is 18.6.